The quantitative estimate of drug-likeness (QED) is 0.801. The molecule has 27 heavy (non-hydrogen) atoms. The van der Waals surface area contributed by atoms with E-state index in [1.807, 2.05) is 21.7 Å². The zero-order valence-electron chi connectivity index (χ0n) is 15.4. The van der Waals surface area contributed by atoms with Crippen molar-refractivity contribution in [3.63, 3.8) is 0 Å². The van der Waals surface area contributed by atoms with Crippen molar-refractivity contribution in [3.05, 3.63) is 34.1 Å². The first-order valence-corrected chi connectivity index (χ1v) is 10.9. The number of hydrogen-bond acceptors (Lipinski definition) is 6. The molecule has 1 aliphatic carbocycles. The molecule has 1 unspecified atom stereocenters. The van der Waals surface area contributed by atoms with Crippen molar-refractivity contribution >= 4 is 17.2 Å². The van der Waals surface area contributed by atoms with E-state index in [-0.39, 0.29) is 11.5 Å². The molecule has 4 heterocycles. The molecule has 1 atom stereocenters. The number of carbonyl (C=O) groups is 1. The Morgan fingerprint density at radius 3 is 2.89 bits per heavy atom. The molecule has 6 nitrogen and oxygen atoms in total. The Morgan fingerprint density at radius 1 is 1.30 bits per heavy atom. The summed E-state index contributed by atoms with van der Waals surface area (Å²) in [5.41, 5.74) is 0.721. The van der Waals surface area contributed by atoms with Gasteiger partial charge in [0.15, 0.2) is 5.82 Å². The van der Waals surface area contributed by atoms with Crippen LogP contribution >= 0.6 is 11.3 Å². The van der Waals surface area contributed by atoms with E-state index in [0.717, 1.165) is 69.1 Å². The van der Waals surface area contributed by atoms with Gasteiger partial charge in [0.2, 0.25) is 5.89 Å². The van der Waals surface area contributed by atoms with Gasteiger partial charge >= 0.3 is 0 Å². The predicted octanol–water partition coefficient (Wildman–Crippen LogP) is 3.65. The molecule has 1 saturated carbocycles. The Hall–Kier alpha value is -1.73. The fraction of sp³-hybridized carbons (Fsp3) is 0.650. The minimum absolute atomic E-state index is 0.0859. The predicted molar refractivity (Wildman–Crippen MR) is 101 cm³/mol. The van der Waals surface area contributed by atoms with Crippen molar-refractivity contribution in [2.45, 2.75) is 56.5 Å². The maximum Gasteiger partial charge on any atom is 0.254 e. The van der Waals surface area contributed by atoms with Crippen molar-refractivity contribution in [1.82, 2.24) is 15.0 Å². The van der Waals surface area contributed by atoms with E-state index in [9.17, 15) is 4.79 Å². The Bertz CT molecular complexity index is 791. The topological polar surface area (TPSA) is 68.5 Å². The Morgan fingerprint density at radius 2 is 2.15 bits per heavy atom. The number of aromatic nitrogens is 2. The average Bonchev–Trinajstić information content (AvgIpc) is 3.18. The lowest BCUT2D eigenvalue weighted by Gasteiger charge is -2.46. The molecule has 3 fully saturated rings. The van der Waals surface area contributed by atoms with Crippen molar-refractivity contribution in [2.75, 3.05) is 19.7 Å². The van der Waals surface area contributed by atoms with E-state index >= 15 is 0 Å². The first-order valence-electron chi connectivity index (χ1n) is 9.99. The number of amides is 1. The summed E-state index contributed by atoms with van der Waals surface area (Å²) in [5.74, 6) is 2.87. The third kappa shape index (κ3) is 3.67. The molecule has 5 rings (SSSR count). The van der Waals surface area contributed by atoms with Gasteiger partial charge in [0.25, 0.3) is 5.91 Å². The monoisotopic (exact) mass is 387 g/mol. The van der Waals surface area contributed by atoms with Crippen molar-refractivity contribution < 1.29 is 14.1 Å². The van der Waals surface area contributed by atoms with Crippen LogP contribution in [0.15, 0.2) is 21.3 Å². The fourth-order valence-electron chi connectivity index (χ4n) is 4.44. The van der Waals surface area contributed by atoms with Crippen molar-refractivity contribution in [2.24, 2.45) is 5.92 Å². The van der Waals surface area contributed by atoms with Crippen LogP contribution in [-0.2, 0) is 11.2 Å². The van der Waals surface area contributed by atoms with Gasteiger partial charge in [-0.15, -0.1) is 0 Å². The standard InChI is InChI=1S/C20H25N3O3S/c24-19(16-4-10-27-13-16)23-7-5-20(6-8-23)12-14(3-9-25-20)11-17-21-18(26-22-17)15-1-2-15/h4,10,13-15H,1-3,5-9,11-12H2. The van der Waals surface area contributed by atoms with Crippen LogP contribution in [0.1, 0.15) is 66.5 Å². The maximum absolute atomic E-state index is 12.6. The van der Waals surface area contributed by atoms with Gasteiger partial charge < -0.3 is 14.2 Å². The molecule has 3 aliphatic rings. The molecule has 2 aromatic rings. The molecule has 2 aliphatic heterocycles. The number of piperidine rings is 1. The van der Waals surface area contributed by atoms with Gasteiger partial charge in [0.1, 0.15) is 0 Å². The summed E-state index contributed by atoms with van der Waals surface area (Å²) < 4.78 is 11.7. The van der Waals surface area contributed by atoms with Gasteiger partial charge in [-0.2, -0.15) is 16.3 Å². The van der Waals surface area contributed by atoms with Crippen LogP contribution in [0, 0.1) is 5.92 Å². The average molecular weight is 388 g/mol. The third-order valence-corrected chi connectivity index (χ3v) is 6.89. The summed E-state index contributed by atoms with van der Waals surface area (Å²) in [6.07, 6.45) is 7.15. The lowest BCUT2D eigenvalue weighted by molar-refractivity contribution is -0.123. The van der Waals surface area contributed by atoms with Crippen LogP contribution in [-0.4, -0.2) is 46.2 Å². The molecule has 0 radical (unpaired) electrons. The number of likely N-dealkylation sites (tertiary alicyclic amines) is 1. The maximum atomic E-state index is 12.6. The highest BCUT2D eigenvalue weighted by atomic mass is 32.1. The van der Waals surface area contributed by atoms with E-state index < -0.39 is 0 Å². The molecule has 1 spiro atoms. The molecule has 2 saturated heterocycles. The molecule has 7 heteroatoms. The van der Waals surface area contributed by atoms with Crippen LogP contribution in [0.2, 0.25) is 0 Å². The van der Waals surface area contributed by atoms with Gasteiger partial charge in [-0.1, -0.05) is 5.16 Å². The van der Waals surface area contributed by atoms with Gasteiger partial charge in [-0.05, 0) is 55.9 Å². The highest BCUT2D eigenvalue weighted by Crippen LogP contribution is 2.40. The largest absolute Gasteiger partial charge is 0.375 e. The van der Waals surface area contributed by atoms with E-state index in [0.29, 0.717) is 11.8 Å². The first-order chi connectivity index (χ1) is 13.2. The fourth-order valence-corrected chi connectivity index (χ4v) is 5.07. The number of rotatable bonds is 4. The highest BCUT2D eigenvalue weighted by molar-refractivity contribution is 7.08. The minimum atomic E-state index is -0.0859. The molecule has 1 amide bonds. The van der Waals surface area contributed by atoms with Crippen molar-refractivity contribution in [3.8, 4) is 0 Å². The minimum Gasteiger partial charge on any atom is -0.375 e. The third-order valence-electron chi connectivity index (χ3n) is 6.21. The summed E-state index contributed by atoms with van der Waals surface area (Å²) in [6, 6.07) is 1.91. The van der Waals surface area contributed by atoms with E-state index in [2.05, 4.69) is 10.1 Å². The molecule has 0 bridgehead atoms. The van der Waals surface area contributed by atoms with Crippen molar-refractivity contribution in [1.29, 1.82) is 0 Å². The number of ether oxygens (including phenoxy) is 1. The van der Waals surface area contributed by atoms with Crippen LogP contribution in [0.3, 0.4) is 0 Å². The number of thiophene rings is 1. The zero-order chi connectivity index (χ0) is 18.3. The van der Waals surface area contributed by atoms with E-state index in [1.54, 1.807) is 11.3 Å². The summed E-state index contributed by atoms with van der Waals surface area (Å²) in [6.45, 7) is 2.33. The van der Waals surface area contributed by atoms with E-state index in [4.69, 9.17) is 9.26 Å². The first kappa shape index (κ1) is 17.4. The Labute approximate surface area is 162 Å². The SMILES string of the molecule is O=C(c1ccsc1)N1CCC2(CC1)CC(Cc1noc(C3CC3)n1)CCO2. The molecule has 2 aromatic heterocycles. The number of carbonyl (C=O) groups excluding carboxylic acids is 1. The van der Waals surface area contributed by atoms with Gasteiger partial charge in [-0.3, -0.25) is 4.79 Å². The number of hydrogen-bond donors (Lipinski definition) is 0. The lowest BCUT2D eigenvalue weighted by Crippen LogP contribution is -2.51. The van der Waals surface area contributed by atoms with Crippen LogP contribution < -0.4 is 0 Å². The van der Waals surface area contributed by atoms with E-state index in [1.165, 1.54) is 12.8 Å². The zero-order valence-corrected chi connectivity index (χ0v) is 16.2. The molecule has 144 valence electrons. The smallest absolute Gasteiger partial charge is 0.254 e. The molecular formula is C20H25N3O3S. The molecule has 0 N–H and O–H groups in total. The second-order valence-corrected chi connectivity index (χ2v) is 9.00. The van der Waals surface area contributed by atoms with Gasteiger partial charge in [0.05, 0.1) is 11.2 Å². The Balaban J connectivity index is 1.18. The molecular weight excluding hydrogens is 362 g/mol. The van der Waals surface area contributed by atoms with Gasteiger partial charge in [-0.25, -0.2) is 0 Å². The summed E-state index contributed by atoms with van der Waals surface area (Å²) >= 11 is 1.57. The number of nitrogens with zero attached hydrogens (tertiary/aromatic N) is 3. The summed E-state index contributed by atoms with van der Waals surface area (Å²) in [7, 11) is 0. The normalized spacial score (nSPS) is 25.0. The second kappa shape index (κ2) is 7.02. The Kier molecular flexibility index (Phi) is 4.52. The molecule has 0 aromatic carbocycles. The van der Waals surface area contributed by atoms with Crippen LogP contribution in [0.4, 0.5) is 0 Å². The van der Waals surface area contributed by atoms with Gasteiger partial charge in [0, 0.05) is 37.4 Å². The highest BCUT2D eigenvalue weighted by Gasteiger charge is 2.41. The second-order valence-electron chi connectivity index (χ2n) is 8.22. The summed E-state index contributed by atoms with van der Waals surface area (Å²) in [5, 5.41) is 8.08. The van der Waals surface area contributed by atoms with Crippen LogP contribution in [0.5, 0.6) is 0 Å². The van der Waals surface area contributed by atoms with Crippen LogP contribution in [0.25, 0.3) is 0 Å². The summed E-state index contributed by atoms with van der Waals surface area (Å²) in [4.78, 5) is 19.1. The lowest BCUT2D eigenvalue weighted by atomic mass is 9.78.